The molecule has 0 heterocycles. The summed E-state index contributed by atoms with van der Waals surface area (Å²) in [6.07, 6.45) is 7.63. The minimum Gasteiger partial charge on any atom is -0.434 e. The molecular weight excluding hydrogens is 296 g/mol. The zero-order valence-electron chi connectivity index (χ0n) is 12.0. The first-order valence-electron chi connectivity index (χ1n) is 7.58. The maximum atomic E-state index is 11.3. The van der Waals surface area contributed by atoms with Gasteiger partial charge in [0.2, 0.25) is 5.94 Å². The van der Waals surface area contributed by atoms with E-state index < -0.39 is 22.2 Å². The SMILES string of the molecule is O=C(OCCC12CC3CC(CC(C3)C1)C2)OCS(=O)(=O)O. The van der Waals surface area contributed by atoms with E-state index in [2.05, 4.69) is 4.74 Å². The third-order valence-electron chi connectivity index (χ3n) is 5.34. The summed E-state index contributed by atoms with van der Waals surface area (Å²) in [5, 5.41) is 0. The van der Waals surface area contributed by atoms with Gasteiger partial charge in [-0.3, -0.25) is 4.55 Å². The van der Waals surface area contributed by atoms with E-state index in [-0.39, 0.29) is 6.61 Å². The van der Waals surface area contributed by atoms with Crippen molar-refractivity contribution in [2.75, 3.05) is 12.5 Å². The Morgan fingerprint density at radius 1 is 1.05 bits per heavy atom. The van der Waals surface area contributed by atoms with Gasteiger partial charge in [-0.2, -0.15) is 8.42 Å². The van der Waals surface area contributed by atoms with Crippen LogP contribution in [0.2, 0.25) is 0 Å². The first-order valence-corrected chi connectivity index (χ1v) is 9.19. The third-order valence-corrected chi connectivity index (χ3v) is 5.76. The Bertz CT molecular complexity index is 476. The third kappa shape index (κ3) is 3.69. The summed E-state index contributed by atoms with van der Waals surface area (Å²) in [7, 11) is -4.30. The van der Waals surface area contributed by atoms with Crippen molar-refractivity contribution in [1.82, 2.24) is 0 Å². The van der Waals surface area contributed by atoms with E-state index in [1.165, 1.54) is 38.5 Å². The molecule has 0 spiro atoms. The molecule has 4 aliphatic rings. The predicted octanol–water partition coefficient (Wildman–Crippen LogP) is 2.59. The van der Waals surface area contributed by atoms with E-state index in [0.29, 0.717) is 5.41 Å². The topological polar surface area (TPSA) is 89.9 Å². The lowest BCUT2D eigenvalue weighted by Crippen LogP contribution is -2.46. The Labute approximate surface area is 124 Å². The molecule has 0 aliphatic heterocycles. The zero-order valence-corrected chi connectivity index (χ0v) is 12.8. The van der Waals surface area contributed by atoms with Crippen molar-refractivity contribution < 1.29 is 27.2 Å². The molecule has 0 amide bonds. The largest absolute Gasteiger partial charge is 0.509 e. The lowest BCUT2D eigenvalue weighted by molar-refractivity contribution is -0.0666. The van der Waals surface area contributed by atoms with Crippen LogP contribution >= 0.6 is 0 Å². The number of carbonyl (C=O) groups is 1. The van der Waals surface area contributed by atoms with Gasteiger partial charge in [-0.05, 0) is 68.1 Å². The van der Waals surface area contributed by atoms with Crippen LogP contribution in [0, 0.1) is 23.2 Å². The van der Waals surface area contributed by atoms with Gasteiger partial charge in [-0.25, -0.2) is 4.79 Å². The van der Waals surface area contributed by atoms with Crippen LogP contribution in [0.15, 0.2) is 0 Å². The first kappa shape index (κ1) is 15.1. The van der Waals surface area contributed by atoms with E-state index in [0.717, 1.165) is 24.2 Å². The number of rotatable bonds is 5. The molecule has 4 saturated carbocycles. The molecule has 4 aliphatic carbocycles. The molecule has 1 N–H and O–H groups in total. The molecule has 0 saturated heterocycles. The standard InChI is InChI=1S/C14H22O6S/c15-13(20-9-21(16,17)18)19-2-1-14-6-10-3-11(7-14)5-12(4-10)8-14/h10-12H,1-9H2,(H,16,17,18). The van der Waals surface area contributed by atoms with Crippen LogP contribution in [0.3, 0.4) is 0 Å². The van der Waals surface area contributed by atoms with Gasteiger partial charge in [-0.15, -0.1) is 0 Å². The van der Waals surface area contributed by atoms with Gasteiger partial charge in [0.25, 0.3) is 0 Å². The average Bonchev–Trinajstić information content (AvgIpc) is 2.33. The second-order valence-corrected chi connectivity index (χ2v) is 8.51. The van der Waals surface area contributed by atoms with Crippen LogP contribution < -0.4 is 0 Å². The molecule has 7 heteroatoms. The van der Waals surface area contributed by atoms with Crippen LogP contribution in [0.25, 0.3) is 0 Å². The Hall–Kier alpha value is -0.820. The molecule has 0 aromatic carbocycles. The normalized spacial score (nSPS) is 37.5. The highest BCUT2D eigenvalue weighted by Crippen LogP contribution is 2.61. The van der Waals surface area contributed by atoms with Gasteiger partial charge in [-0.1, -0.05) is 0 Å². The van der Waals surface area contributed by atoms with Gasteiger partial charge in [0, 0.05) is 0 Å². The van der Waals surface area contributed by atoms with Crippen molar-refractivity contribution >= 4 is 16.3 Å². The molecular formula is C14H22O6S. The molecule has 4 bridgehead atoms. The monoisotopic (exact) mass is 318 g/mol. The van der Waals surface area contributed by atoms with E-state index in [1.54, 1.807) is 0 Å². The highest BCUT2D eigenvalue weighted by molar-refractivity contribution is 7.85. The molecule has 4 rings (SSSR count). The molecule has 6 nitrogen and oxygen atoms in total. The van der Waals surface area contributed by atoms with Crippen molar-refractivity contribution in [2.45, 2.75) is 44.9 Å². The fourth-order valence-electron chi connectivity index (χ4n) is 5.11. The number of hydrogen-bond donors (Lipinski definition) is 1. The van der Waals surface area contributed by atoms with Gasteiger partial charge in [0.15, 0.2) is 0 Å². The van der Waals surface area contributed by atoms with E-state index >= 15 is 0 Å². The second-order valence-electron chi connectivity index (χ2n) is 7.11. The van der Waals surface area contributed by atoms with E-state index in [4.69, 9.17) is 9.29 Å². The van der Waals surface area contributed by atoms with E-state index in [1.807, 2.05) is 0 Å². The summed E-state index contributed by atoms with van der Waals surface area (Å²) in [5.74, 6) is 1.50. The molecule has 120 valence electrons. The smallest absolute Gasteiger partial charge is 0.434 e. The number of hydrogen-bond acceptors (Lipinski definition) is 5. The summed E-state index contributed by atoms with van der Waals surface area (Å²) >= 11 is 0. The van der Waals surface area contributed by atoms with Gasteiger partial charge in [0.1, 0.15) is 0 Å². The fraction of sp³-hybridized carbons (Fsp3) is 0.929. The number of ether oxygens (including phenoxy) is 2. The predicted molar refractivity (Wildman–Crippen MR) is 74.1 cm³/mol. The van der Waals surface area contributed by atoms with Crippen molar-refractivity contribution in [2.24, 2.45) is 23.2 Å². The van der Waals surface area contributed by atoms with Crippen molar-refractivity contribution in [3.63, 3.8) is 0 Å². The minimum atomic E-state index is -4.30. The Morgan fingerprint density at radius 3 is 2.05 bits per heavy atom. The lowest BCUT2D eigenvalue weighted by Gasteiger charge is -2.57. The van der Waals surface area contributed by atoms with Crippen LogP contribution in [-0.4, -0.2) is 31.7 Å². The summed E-state index contributed by atoms with van der Waals surface area (Å²) in [6, 6.07) is 0. The van der Waals surface area contributed by atoms with Gasteiger partial charge in [0.05, 0.1) is 6.61 Å². The van der Waals surface area contributed by atoms with Crippen molar-refractivity contribution in [3.8, 4) is 0 Å². The van der Waals surface area contributed by atoms with Crippen LogP contribution in [0.5, 0.6) is 0 Å². The molecule has 4 fully saturated rings. The fourth-order valence-corrected chi connectivity index (χ4v) is 5.36. The van der Waals surface area contributed by atoms with Crippen LogP contribution in [0.1, 0.15) is 44.9 Å². The van der Waals surface area contributed by atoms with Crippen molar-refractivity contribution in [3.05, 3.63) is 0 Å². The average molecular weight is 318 g/mol. The summed E-state index contributed by atoms with van der Waals surface area (Å²) in [6.45, 7) is 0.260. The summed E-state index contributed by atoms with van der Waals surface area (Å²) < 4.78 is 38.7. The molecule has 0 aromatic rings. The van der Waals surface area contributed by atoms with Crippen LogP contribution in [-0.2, 0) is 19.6 Å². The lowest BCUT2D eigenvalue weighted by atomic mass is 9.49. The Kier molecular flexibility index (Phi) is 3.90. The van der Waals surface area contributed by atoms with E-state index in [9.17, 15) is 13.2 Å². The molecule has 0 radical (unpaired) electrons. The molecule has 0 aromatic heterocycles. The Morgan fingerprint density at radius 2 is 1.57 bits per heavy atom. The Balaban J connectivity index is 1.44. The highest BCUT2D eigenvalue weighted by atomic mass is 32.2. The summed E-state index contributed by atoms with van der Waals surface area (Å²) in [4.78, 5) is 11.3. The quantitative estimate of drug-likeness (QED) is 0.619. The van der Waals surface area contributed by atoms with Crippen LogP contribution in [0.4, 0.5) is 4.79 Å². The molecule has 0 unspecified atom stereocenters. The molecule has 0 atom stereocenters. The van der Waals surface area contributed by atoms with Crippen molar-refractivity contribution in [1.29, 1.82) is 0 Å². The minimum absolute atomic E-state index is 0.260. The van der Waals surface area contributed by atoms with Gasteiger partial charge < -0.3 is 9.47 Å². The second kappa shape index (κ2) is 5.43. The maximum absolute atomic E-state index is 11.3. The number of carbonyl (C=O) groups excluding carboxylic acids is 1. The zero-order chi connectivity index (χ0) is 15.1. The summed E-state index contributed by atoms with van der Waals surface area (Å²) in [5.41, 5.74) is 0.318. The highest BCUT2D eigenvalue weighted by Gasteiger charge is 2.50. The van der Waals surface area contributed by atoms with Gasteiger partial charge >= 0.3 is 16.3 Å². The first-order chi connectivity index (χ1) is 9.84. The maximum Gasteiger partial charge on any atom is 0.509 e. The molecule has 21 heavy (non-hydrogen) atoms.